The van der Waals surface area contributed by atoms with Crippen LogP contribution in [0, 0.1) is 0 Å². The van der Waals surface area contributed by atoms with E-state index in [2.05, 4.69) is 0 Å². The number of imide groups is 1. The molecule has 0 saturated heterocycles. The quantitative estimate of drug-likeness (QED) is 0.803. The highest BCUT2D eigenvalue weighted by atomic mass is 16.5. The molecule has 3 amide bonds. The Balaban J connectivity index is 2.19. The Morgan fingerprint density at radius 1 is 1.30 bits per heavy atom. The molecule has 1 atom stereocenters. The van der Waals surface area contributed by atoms with Gasteiger partial charge in [0.05, 0.1) is 0 Å². The Kier molecular flexibility index (Phi) is 3.69. The Labute approximate surface area is 113 Å². The molecule has 1 heterocycles. The van der Waals surface area contributed by atoms with Crippen LogP contribution in [-0.2, 0) is 4.79 Å². The fourth-order valence-electron chi connectivity index (χ4n) is 1.59. The third-order valence-corrected chi connectivity index (χ3v) is 2.52. The predicted octanol–water partition coefficient (Wildman–Crippen LogP) is 0.755. The first-order chi connectivity index (χ1) is 9.45. The van der Waals surface area contributed by atoms with Crippen LogP contribution in [0.4, 0.5) is 4.79 Å². The van der Waals surface area contributed by atoms with Crippen molar-refractivity contribution in [3.8, 4) is 5.75 Å². The number of primary amides is 1. The van der Waals surface area contributed by atoms with Crippen LogP contribution in [0.5, 0.6) is 5.75 Å². The largest absolute Gasteiger partial charge is 0.481 e. The van der Waals surface area contributed by atoms with Crippen LogP contribution in [0.15, 0.2) is 39.5 Å². The predicted molar refractivity (Wildman–Crippen MR) is 70.3 cm³/mol. The molecule has 0 saturated carbocycles. The summed E-state index contributed by atoms with van der Waals surface area (Å²) in [5.74, 6) is -0.328. The molecule has 1 aromatic carbocycles. The second-order valence-electron chi connectivity index (χ2n) is 4.07. The lowest BCUT2D eigenvalue weighted by atomic mass is 10.2. The molecule has 0 aliphatic rings. The van der Waals surface area contributed by atoms with Crippen molar-refractivity contribution in [3.05, 3.63) is 40.8 Å². The molecule has 1 aromatic heterocycles. The average molecular weight is 276 g/mol. The van der Waals surface area contributed by atoms with Crippen molar-refractivity contribution in [2.45, 2.75) is 13.0 Å². The van der Waals surface area contributed by atoms with Crippen molar-refractivity contribution in [1.29, 1.82) is 0 Å². The first-order valence-corrected chi connectivity index (χ1v) is 5.76. The molecule has 0 bridgehead atoms. The number of benzene rings is 1. The lowest BCUT2D eigenvalue weighted by Gasteiger charge is -2.13. The summed E-state index contributed by atoms with van der Waals surface area (Å²) in [6, 6.07) is 6.78. The highest BCUT2D eigenvalue weighted by Gasteiger charge is 2.16. The summed E-state index contributed by atoms with van der Waals surface area (Å²) in [4.78, 5) is 33.2. The maximum Gasteiger partial charge on any atom is 0.336 e. The van der Waals surface area contributed by atoms with E-state index in [9.17, 15) is 14.4 Å². The minimum Gasteiger partial charge on any atom is -0.481 e. The van der Waals surface area contributed by atoms with Crippen molar-refractivity contribution in [1.82, 2.24) is 5.32 Å². The number of nitrogens with two attached hydrogens (primary N) is 1. The second-order valence-corrected chi connectivity index (χ2v) is 4.07. The fraction of sp³-hybridized carbons (Fsp3) is 0.154. The summed E-state index contributed by atoms with van der Waals surface area (Å²) in [6.45, 7) is 1.46. The van der Waals surface area contributed by atoms with E-state index in [0.717, 1.165) is 5.39 Å². The Hall–Kier alpha value is -2.83. The molecular formula is C13H12N2O5. The molecule has 7 nitrogen and oxygen atoms in total. The Morgan fingerprint density at radius 2 is 2.00 bits per heavy atom. The monoisotopic (exact) mass is 276 g/mol. The average Bonchev–Trinajstić information content (AvgIpc) is 2.37. The number of carbonyl (C=O) groups is 2. The molecule has 0 aliphatic heterocycles. The van der Waals surface area contributed by atoms with Crippen molar-refractivity contribution in [2.24, 2.45) is 5.73 Å². The van der Waals surface area contributed by atoms with E-state index in [1.807, 2.05) is 5.32 Å². The molecule has 1 unspecified atom stereocenters. The van der Waals surface area contributed by atoms with Gasteiger partial charge >= 0.3 is 11.7 Å². The van der Waals surface area contributed by atoms with Gasteiger partial charge in [-0.3, -0.25) is 10.1 Å². The zero-order valence-corrected chi connectivity index (χ0v) is 10.6. The molecule has 2 aromatic rings. The number of hydrogen-bond acceptors (Lipinski definition) is 5. The highest BCUT2D eigenvalue weighted by molar-refractivity contribution is 5.95. The van der Waals surface area contributed by atoms with Crippen LogP contribution in [0.1, 0.15) is 6.92 Å². The number of amides is 3. The third-order valence-electron chi connectivity index (χ3n) is 2.52. The SMILES string of the molecule is CC(Oc1ccc2ccc(=O)oc2c1)C(=O)NC(N)=O. The van der Waals surface area contributed by atoms with Crippen LogP contribution >= 0.6 is 0 Å². The standard InChI is InChI=1S/C13H12N2O5/c1-7(12(17)15-13(14)18)19-9-4-2-8-3-5-11(16)20-10(8)6-9/h2-7H,1H3,(H3,14,15,17,18). The summed E-state index contributed by atoms with van der Waals surface area (Å²) in [7, 11) is 0. The minimum atomic E-state index is -0.949. The molecular weight excluding hydrogens is 264 g/mol. The van der Waals surface area contributed by atoms with E-state index in [1.54, 1.807) is 18.2 Å². The first-order valence-electron chi connectivity index (χ1n) is 5.76. The first kappa shape index (κ1) is 13.6. The van der Waals surface area contributed by atoms with Gasteiger partial charge in [0, 0.05) is 17.5 Å². The number of carbonyl (C=O) groups excluding carboxylic acids is 2. The van der Waals surface area contributed by atoms with Gasteiger partial charge < -0.3 is 14.9 Å². The number of ether oxygens (including phenoxy) is 1. The van der Waals surface area contributed by atoms with Crippen molar-refractivity contribution in [2.75, 3.05) is 0 Å². The molecule has 0 fully saturated rings. The molecule has 20 heavy (non-hydrogen) atoms. The van der Waals surface area contributed by atoms with Crippen LogP contribution in [0.2, 0.25) is 0 Å². The summed E-state index contributed by atoms with van der Waals surface area (Å²) in [5, 5.41) is 2.64. The minimum absolute atomic E-state index is 0.332. The van der Waals surface area contributed by atoms with Gasteiger partial charge in [-0.15, -0.1) is 0 Å². The molecule has 0 aliphatic carbocycles. The van der Waals surface area contributed by atoms with Crippen LogP contribution in [0.25, 0.3) is 11.0 Å². The maximum atomic E-state index is 11.5. The van der Waals surface area contributed by atoms with Gasteiger partial charge in [0.25, 0.3) is 5.91 Å². The van der Waals surface area contributed by atoms with Crippen molar-refractivity contribution in [3.63, 3.8) is 0 Å². The van der Waals surface area contributed by atoms with Crippen molar-refractivity contribution >= 4 is 22.9 Å². The van der Waals surface area contributed by atoms with Gasteiger partial charge in [-0.2, -0.15) is 0 Å². The fourth-order valence-corrected chi connectivity index (χ4v) is 1.59. The van der Waals surface area contributed by atoms with Gasteiger partial charge in [-0.05, 0) is 25.1 Å². The number of hydrogen-bond donors (Lipinski definition) is 2. The summed E-state index contributed by atoms with van der Waals surface area (Å²) < 4.78 is 10.3. The molecule has 0 spiro atoms. The van der Waals surface area contributed by atoms with Crippen LogP contribution < -0.4 is 21.4 Å². The van der Waals surface area contributed by atoms with Crippen LogP contribution in [-0.4, -0.2) is 18.0 Å². The van der Waals surface area contributed by atoms with E-state index in [0.29, 0.717) is 11.3 Å². The van der Waals surface area contributed by atoms with Gasteiger partial charge in [-0.1, -0.05) is 0 Å². The highest BCUT2D eigenvalue weighted by Crippen LogP contribution is 2.20. The summed E-state index contributed by atoms with van der Waals surface area (Å²) in [6.07, 6.45) is -0.921. The number of rotatable bonds is 3. The summed E-state index contributed by atoms with van der Waals surface area (Å²) in [5.41, 5.74) is 4.71. The number of urea groups is 1. The zero-order valence-electron chi connectivity index (χ0n) is 10.6. The molecule has 3 N–H and O–H groups in total. The van der Waals surface area contributed by atoms with E-state index in [1.165, 1.54) is 19.1 Å². The lowest BCUT2D eigenvalue weighted by Crippen LogP contribution is -2.42. The Morgan fingerprint density at radius 3 is 2.70 bits per heavy atom. The van der Waals surface area contributed by atoms with E-state index in [-0.39, 0.29) is 0 Å². The lowest BCUT2D eigenvalue weighted by molar-refractivity contribution is -0.126. The second kappa shape index (κ2) is 5.43. The van der Waals surface area contributed by atoms with Crippen LogP contribution in [0.3, 0.4) is 0 Å². The third kappa shape index (κ3) is 3.14. The van der Waals surface area contributed by atoms with Crippen molar-refractivity contribution < 1.29 is 18.7 Å². The Bertz CT molecular complexity index is 722. The van der Waals surface area contributed by atoms with Gasteiger partial charge in [0.1, 0.15) is 11.3 Å². The molecule has 0 radical (unpaired) electrons. The smallest absolute Gasteiger partial charge is 0.336 e. The maximum absolute atomic E-state index is 11.5. The van der Waals surface area contributed by atoms with Gasteiger partial charge in [-0.25, -0.2) is 9.59 Å². The van der Waals surface area contributed by atoms with Gasteiger partial charge in [0.15, 0.2) is 6.10 Å². The van der Waals surface area contributed by atoms with E-state index >= 15 is 0 Å². The summed E-state index contributed by atoms with van der Waals surface area (Å²) >= 11 is 0. The van der Waals surface area contributed by atoms with Gasteiger partial charge in [0.2, 0.25) is 0 Å². The molecule has 2 rings (SSSR count). The van der Waals surface area contributed by atoms with E-state index in [4.69, 9.17) is 14.9 Å². The zero-order chi connectivity index (χ0) is 14.7. The molecule has 7 heteroatoms. The topological polar surface area (TPSA) is 112 Å². The normalized spacial score (nSPS) is 11.8. The number of nitrogens with one attached hydrogen (secondary N) is 1. The van der Waals surface area contributed by atoms with E-state index < -0.39 is 23.7 Å². The molecule has 104 valence electrons. The number of fused-ring (bicyclic) bond motifs is 1.